The van der Waals surface area contributed by atoms with Gasteiger partial charge in [0.2, 0.25) is 0 Å². The van der Waals surface area contributed by atoms with Crippen molar-refractivity contribution in [3.8, 4) is 11.6 Å². The second-order valence-corrected chi connectivity index (χ2v) is 6.93. The van der Waals surface area contributed by atoms with E-state index in [1.165, 1.54) is 29.8 Å². The van der Waals surface area contributed by atoms with E-state index >= 15 is 0 Å². The van der Waals surface area contributed by atoms with Gasteiger partial charge in [0.05, 0.1) is 5.69 Å². The Hall–Kier alpha value is -1.07. The van der Waals surface area contributed by atoms with Gasteiger partial charge < -0.3 is 9.47 Å². The first kappa shape index (κ1) is 12.0. The van der Waals surface area contributed by atoms with Gasteiger partial charge in [0.25, 0.3) is 5.88 Å². The topological polar surface area (TPSA) is 34.6 Å². The highest BCUT2D eigenvalue weighted by Gasteiger charge is 2.25. The van der Waals surface area contributed by atoms with E-state index < -0.39 is 0 Å². The van der Waals surface area contributed by atoms with Crippen molar-refractivity contribution in [2.24, 2.45) is 0 Å². The van der Waals surface area contributed by atoms with E-state index in [0.29, 0.717) is 25.1 Å². The van der Waals surface area contributed by atoms with Gasteiger partial charge in [0.1, 0.15) is 13.2 Å². The lowest BCUT2D eigenvalue weighted by Gasteiger charge is -2.25. The van der Waals surface area contributed by atoms with E-state index in [1.807, 2.05) is 6.07 Å². The number of fused-ring (bicyclic) bond motifs is 1. The van der Waals surface area contributed by atoms with Crippen LogP contribution >= 0.6 is 0 Å². The lowest BCUT2D eigenvalue weighted by molar-refractivity contribution is 0.162. The Kier molecular flexibility index (Phi) is 3.26. The van der Waals surface area contributed by atoms with Crippen molar-refractivity contribution in [3.63, 3.8) is 0 Å². The smallest absolute Gasteiger partial charge is 0.257 e. The predicted molar refractivity (Wildman–Crippen MR) is 73.5 cm³/mol. The monoisotopic (exact) mass is 264 g/mol. The fraction of sp³-hybridized carbons (Fsp3) is 0.615. The van der Waals surface area contributed by atoms with Crippen molar-refractivity contribution in [2.45, 2.75) is 24.9 Å². The Bertz CT molecular complexity index is 441. The average Bonchev–Trinajstić information content (AvgIpc) is 2.84. The summed E-state index contributed by atoms with van der Waals surface area (Å²) < 4.78 is 11.1. The summed E-state index contributed by atoms with van der Waals surface area (Å²) >= 11 is 0. The van der Waals surface area contributed by atoms with Crippen LogP contribution in [0.1, 0.15) is 25.1 Å². The first-order valence-corrected chi connectivity index (χ1v) is 7.90. The number of likely N-dealkylation sites (tertiary alicyclic amines) is 1. The summed E-state index contributed by atoms with van der Waals surface area (Å²) in [4.78, 5) is 7.13. The summed E-state index contributed by atoms with van der Waals surface area (Å²) in [6.07, 6.45) is 1.35. The first-order chi connectivity index (χ1) is 8.74. The molecule has 0 saturated carbocycles. The van der Waals surface area contributed by atoms with Crippen LogP contribution in [0.5, 0.6) is 11.6 Å². The van der Waals surface area contributed by atoms with E-state index in [0.717, 1.165) is 17.0 Å². The summed E-state index contributed by atoms with van der Waals surface area (Å²) in [6.45, 7) is 5.88. The van der Waals surface area contributed by atoms with Gasteiger partial charge in [-0.05, 0) is 44.1 Å². The second-order valence-electron chi connectivity index (χ2n) is 5.30. The maximum atomic E-state index is 5.55. The van der Waals surface area contributed by atoms with Crippen LogP contribution in [0.15, 0.2) is 12.1 Å². The third-order valence-electron chi connectivity index (χ3n) is 3.86. The molecule has 1 saturated heterocycles. The summed E-state index contributed by atoms with van der Waals surface area (Å²) in [7, 11) is 1.30. The molecule has 98 valence electrons. The summed E-state index contributed by atoms with van der Waals surface area (Å²) in [6, 6.07) is 4.43. The standard InChI is InChI=1S/C13H20N2O2Si/c1-9(15-5-4-10(18)8-15)11-2-3-12-13(14-11)17-7-6-16-12/h2-3,9-10H,4-8H2,1,18H3. The molecule has 1 fully saturated rings. The fourth-order valence-electron chi connectivity index (χ4n) is 2.69. The zero-order chi connectivity index (χ0) is 12.5. The number of ether oxygens (including phenoxy) is 2. The molecule has 0 radical (unpaired) electrons. The number of hydrogen-bond acceptors (Lipinski definition) is 4. The van der Waals surface area contributed by atoms with Crippen molar-refractivity contribution in [3.05, 3.63) is 17.8 Å². The largest absolute Gasteiger partial charge is 0.484 e. The van der Waals surface area contributed by atoms with Crippen molar-refractivity contribution < 1.29 is 9.47 Å². The van der Waals surface area contributed by atoms with E-state index in [4.69, 9.17) is 9.47 Å². The Labute approximate surface area is 111 Å². The molecule has 0 amide bonds. The summed E-state index contributed by atoms with van der Waals surface area (Å²) in [5.74, 6) is 1.44. The van der Waals surface area contributed by atoms with Crippen LogP contribution in [0.2, 0.25) is 5.54 Å². The lowest BCUT2D eigenvalue weighted by Crippen LogP contribution is -2.25. The molecule has 3 heterocycles. The van der Waals surface area contributed by atoms with Gasteiger partial charge in [0, 0.05) is 16.3 Å². The molecule has 0 aliphatic carbocycles. The van der Waals surface area contributed by atoms with Crippen LogP contribution in [0.25, 0.3) is 0 Å². The maximum absolute atomic E-state index is 5.55. The molecule has 0 aromatic carbocycles. The van der Waals surface area contributed by atoms with E-state index in [1.54, 1.807) is 0 Å². The molecule has 1 aromatic rings. The molecule has 2 unspecified atom stereocenters. The highest BCUT2D eigenvalue weighted by atomic mass is 28.1. The van der Waals surface area contributed by atoms with Gasteiger partial charge >= 0.3 is 0 Å². The van der Waals surface area contributed by atoms with Crippen LogP contribution < -0.4 is 9.47 Å². The minimum atomic E-state index is 0.375. The molecule has 0 spiro atoms. The van der Waals surface area contributed by atoms with Crippen LogP contribution in [0, 0.1) is 0 Å². The molecule has 0 N–H and O–H groups in total. The van der Waals surface area contributed by atoms with Crippen LogP contribution in [-0.4, -0.2) is 46.4 Å². The second kappa shape index (κ2) is 4.89. The third-order valence-corrected chi connectivity index (χ3v) is 4.80. The Balaban J connectivity index is 1.79. The van der Waals surface area contributed by atoms with Gasteiger partial charge in [-0.3, -0.25) is 4.90 Å². The molecule has 18 heavy (non-hydrogen) atoms. The van der Waals surface area contributed by atoms with Gasteiger partial charge in [-0.15, -0.1) is 0 Å². The van der Waals surface area contributed by atoms with Crippen molar-refractivity contribution in [1.82, 2.24) is 9.88 Å². The van der Waals surface area contributed by atoms with Crippen molar-refractivity contribution in [1.29, 1.82) is 0 Å². The number of rotatable bonds is 2. The molecule has 3 rings (SSSR count). The van der Waals surface area contributed by atoms with Crippen LogP contribution in [0.4, 0.5) is 0 Å². The predicted octanol–water partition coefficient (Wildman–Crippen LogP) is 0.773. The molecule has 2 atom stereocenters. The minimum Gasteiger partial charge on any atom is -0.484 e. The Morgan fingerprint density at radius 1 is 1.39 bits per heavy atom. The molecule has 2 aliphatic rings. The minimum absolute atomic E-state index is 0.375. The van der Waals surface area contributed by atoms with Crippen LogP contribution in [0.3, 0.4) is 0 Å². The lowest BCUT2D eigenvalue weighted by atomic mass is 10.2. The number of pyridine rings is 1. The third kappa shape index (κ3) is 2.24. The van der Waals surface area contributed by atoms with E-state index in [2.05, 4.69) is 22.9 Å². The Morgan fingerprint density at radius 3 is 3.00 bits per heavy atom. The zero-order valence-corrected chi connectivity index (χ0v) is 13.1. The summed E-state index contributed by atoms with van der Waals surface area (Å²) in [5, 5.41) is 0. The van der Waals surface area contributed by atoms with Crippen LogP contribution in [-0.2, 0) is 0 Å². The molecular weight excluding hydrogens is 244 g/mol. The van der Waals surface area contributed by atoms with Gasteiger partial charge in [0.15, 0.2) is 5.75 Å². The van der Waals surface area contributed by atoms with Gasteiger partial charge in [-0.1, -0.05) is 0 Å². The average molecular weight is 264 g/mol. The normalized spacial score (nSPS) is 25.3. The highest BCUT2D eigenvalue weighted by Crippen LogP contribution is 2.32. The van der Waals surface area contributed by atoms with E-state index in [9.17, 15) is 0 Å². The molecule has 4 nitrogen and oxygen atoms in total. The Morgan fingerprint density at radius 2 is 2.22 bits per heavy atom. The zero-order valence-electron chi connectivity index (χ0n) is 11.1. The van der Waals surface area contributed by atoms with Gasteiger partial charge in [-0.25, -0.2) is 4.98 Å². The van der Waals surface area contributed by atoms with E-state index in [-0.39, 0.29) is 0 Å². The number of aromatic nitrogens is 1. The SMILES string of the molecule is CC(c1ccc2c(n1)OCCO2)N1CCC([SiH3])C1. The quantitative estimate of drug-likeness (QED) is 0.739. The maximum Gasteiger partial charge on any atom is 0.257 e. The molecule has 5 heteroatoms. The molecule has 2 aliphatic heterocycles. The highest BCUT2D eigenvalue weighted by molar-refractivity contribution is 6.11. The molecular formula is C13H20N2O2Si. The molecule has 1 aromatic heterocycles. The van der Waals surface area contributed by atoms with Crippen molar-refractivity contribution >= 4 is 10.2 Å². The number of hydrogen-bond donors (Lipinski definition) is 0. The summed E-state index contributed by atoms with van der Waals surface area (Å²) in [5.41, 5.74) is 2.03. The van der Waals surface area contributed by atoms with Crippen molar-refractivity contribution in [2.75, 3.05) is 26.3 Å². The molecule has 0 bridgehead atoms. The first-order valence-electron chi connectivity index (χ1n) is 6.74. The fourth-order valence-corrected chi connectivity index (χ4v) is 3.41. The number of nitrogens with zero attached hydrogens (tertiary/aromatic N) is 2. The van der Waals surface area contributed by atoms with Gasteiger partial charge in [-0.2, -0.15) is 0 Å².